The molecular weight excluding hydrogens is 422 g/mol. The zero-order chi connectivity index (χ0) is 23.5. The van der Waals surface area contributed by atoms with Crippen molar-refractivity contribution in [3.05, 3.63) is 23.2 Å². The topological polar surface area (TPSA) is 116 Å². The van der Waals surface area contributed by atoms with E-state index in [9.17, 15) is 19.8 Å². The molecule has 9 heteroatoms. The van der Waals surface area contributed by atoms with E-state index in [1.165, 1.54) is 7.11 Å². The number of aliphatic carboxylic acids is 1. The maximum absolute atomic E-state index is 12.9. The van der Waals surface area contributed by atoms with Crippen LogP contribution in [0.3, 0.4) is 0 Å². The van der Waals surface area contributed by atoms with Gasteiger partial charge in [0.05, 0.1) is 30.7 Å². The van der Waals surface area contributed by atoms with Gasteiger partial charge >= 0.3 is 5.97 Å². The van der Waals surface area contributed by atoms with Crippen LogP contribution in [0.25, 0.3) is 0 Å². The number of amides is 1. The van der Waals surface area contributed by atoms with Crippen molar-refractivity contribution in [1.82, 2.24) is 4.90 Å². The Morgan fingerprint density at radius 1 is 1.35 bits per heavy atom. The van der Waals surface area contributed by atoms with Crippen LogP contribution in [0, 0.1) is 11.8 Å². The van der Waals surface area contributed by atoms with Crippen molar-refractivity contribution in [3.8, 4) is 5.75 Å². The van der Waals surface area contributed by atoms with Gasteiger partial charge in [0.2, 0.25) is 5.91 Å². The quantitative estimate of drug-likeness (QED) is 0.522. The van der Waals surface area contributed by atoms with Gasteiger partial charge in [-0.1, -0.05) is 25.4 Å². The molecule has 0 spiro atoms. The number of hydrogen-bond donors (Lipinski definition) is 3. The molecule has 1 aliphatic rings. The van der Waals surface area contributed by atoms with Gasteiger partial charge < -0.3 is 25.6 Å². The van der Waals surface area contributed by atoms with E-state index < -0.39 is 29.6 Å². The fourth-order valence-corrected chi connectivity index (χ4v) is 4.07. The molecule has 0 radical (unpaired) electrons. The lowest BCUT2D eigenvalue weighted by Crippen LogP contribution is -2.64. The second kappa shape index (κ2) is 10.2. The molecular formula is C22H34ClN3O5. The van der Waals surface area contributed by atoms with Crippen LogP contribution >= 0.6 is 11.6 Å². The van der Waals surface area contributed by atoms with Crippen molar-refractivity contribution in [2.75, 3.05) is 31.6 Å². The smallest absolute Gasteiger partial charge is 0.306 e. The Morgan fingerprint density at radius 3 is 2.55 bits per heavy atom. The number of benzene rings is 1. The van der Waals surface area contributed by atoms with Crippen molar-refractivity contribution >= 4 is 29.2 Å². The molecule has 0 saturated carbocycles. The molecule has 4 N–H and O–H groups in total. The zero-order valence-electron chi connectivity index (χ0n) is 18.8. The summed E-state index contributed by atoms with van der Waals surface area (Å²) >= 11 is 6.10. The van der Waals surface area contributed by atoms with Crippen molar-refractivity contribution in [3.63, 3.8) is 0 Å². The van der Waals surface area contributed by atoms with E-state index in [0.29, 0.717) is 23.0 Å². The molecule has 31 heavy (non-hydrogen) atoms. The number of methoxy groups -OCH3 is 1. The number of carboxylic acids is 1. The monoisotopic (exact) mass is 455 g/mol. The minimum Gasteiger partial charge on any atom is -0.495 e. The third-order valence-corrected chi connectivity index (χ3v) is 6.33. The summed E-state index contributed by atoms with van der Waals surface area (Å²) in [6.07, 6.45) is -0.902. The lowest BCUT2D eigenvalue weighted by atomic mass is 9.87. The molecule has 3 atom stereocenters. The number of anilines is 1. The molecule has 0 bridgehead atoms. The van der Waals surface area contributed by atoms with Gasteiger partial charge in [-0.3, -0.25) is 14.5 Å². The molecule has 2 rings (SSSR count). The predicted octanol–water partition coefficient (Wildman–Crippen LogP) is 2.21. The van der Waals surface area contributed by atoms with Gasteiger partial charge in [0, 0.05) is 36.4 Å². The van der Waals surface area contributed by atoms with E-state index in [1.54, 1.807) is 23.1 Å². The van der Waals surface area contributed by atoms with Crippen LogP contribution in [-0.4, -0.2) is 71.4 Å². The van der Waals surface area contributed by atoms with E-state index in [4.69, 9.17) is 22.1 Å². The number of carbonyl (C=O) groups is 2. The lowest BCUT2D eigenvalue weighted by molar-refractivity contribution is -0.144. The number of nitrogens with zero attached hydrogens (tertiary/aromatic N) is 2. The Morgan fingerprint density at radius 2 is 2.00 bits per heavy atom. The number of nitrogens with two attached hydrogens (primary N) is 1. The van der Waals surface area contributed by atoms with Gasteiger partial charge in [-0.15, -0.1) is 0 Å². The van der Waals surface area contributed by atoms with Crippen LogP contribution in [0.2, 0.25) is 5.02 Å². The van der Waals surface area contributed by atoms with Crippen LogP contribution in [0.15, 0.2) is 18.2 Å². The summed E-state index contributed by atoms with van der Waals surface area (Å²) < 4.78 is 5.26. The molecule has 1 amide bonds. The summed E-state index contributed by atoms with van der Waals surface area (Å²) in [5.74, 6) is -1.33. The minimum atomic E-state index is -0.979. The zero-order valence-corrected chi connectivity index (χ0v) is 19.6. The second-order valence-corrected chi connectivity index (χ2v) is 9.55. The molecule has 0 aromatic heterocycles. The molecule has 1 heterocycles. The number of piperazine rings is 1. The fraction of sp³-hybridized carbons (Fsp3) is 0.636. The van der Waals surface area contributed by atoms with Gasteiger partial charge in [-0.05, 0) is 38.3 Å². The SMILES string of the molecule is COc1cc(N2CC(C)(C)N(CC(N)C(O)CC(C(=O)O)C(C)C)CC2=O)ccc1Cl. The summed E-state index contributed by atoms with van der Waals surface area (Å²) in [5.41, 5.74) is 6.51. The first-order valence-corrected chi connectivity index (χ1v) is 10.8. The first-order valence-electron chi connectivity index (χ1n) is 10.4. The highest BCUT2D eigenvalue weighted by Crippen LogP contribution is 2.33. The Balaban J connectivity index is 2.10. The maximum Gasteiger partial charge on any atom is 0.306 e. The Hall–Kier alpha value is -1.87. The van der Waals surface area contributed by atoms with Crippen molar-refractivity contribution in [1.29, 1.82) is 0 Å². The lowest BCUT2D eigenvalue weighted by Gasteiger charge is -2.47. The predicted molar refractivity (Wildman–Crippen MR) is 121 cm³/mol. The van der Waals surface area contributed by atoms with E-state index in [-0.39, 0.29) is 31.3 Å². The van der Waals surface area contributed by atoms with Crippen molar-refractivity contribution in [2.24, 2.45) is 17.6 Å². The Bertz CT molecular complexity index is 801. The van der Waals surface area contributed by atoms with E-state index in [0.717, 1.165) is 0 Å². The summed E-state index contributed by atoms with van der Waals surface area (Å²) in [5, 5.41) is 20.4. The number of carbonyl (C=O) groups excluding carboxylic acids is 1. The number of rotatable bonds is 9. The molecule has 1 aromatic rings. The second-order valence-electron chi connectivity index (χ2n) is 9.15. The summed E-state index contributed by atoms with van der Waals surface area (Å²) in [7, 11) is 1.52. The van der Waals surface area contributed by atoms with E-state index >= 15 is 0 Å². The molecule has 174 valence electrons. The highest BCUT2D eigenvalue weighted by molar-refractivity contribution is 6.32. The molecule has 0 aliphatic carbocycles. The first-order chi connectivity index (χ1) is 14.4. The largest absolute Gasteiger partial charge is 0.495 e. The van der Waals surface area contributed by atoms with Gasteiger partial charge in [0.1, 0.15) is 5.75 Å². The van der Waals surface area contributed by atoms with Crippen LogP contribution < -0.4 is 15.4 Å². The number of ether oxygens (including phenoxy) is 1. The van der Waals surface area contributed by atoms with Gasteiger partial charge in [0.15, 0.2) is 0 Å². The van der Waals surface area contributed by atoms with Gasteiger partial charge in [-0.2, -0.15) is 0 Å². The van der Waals surface area contributed by atoms with Crippen LogP contribution in [0.5, 0.6) is 5.75 Å². The molecule has 1 saturated heterocycles. The fourth-order valence-electron chi connectivity index (χ4n) is 3.87. The number of hydrogen-bond acceptors (Lipinski definition) is 6. The Kier molecular flexibility index (Phi) is 8.33. The first kappa shape index (κ1) is 25.4. The van der Waals surface area contributed by atoms with Crippen LogP contribution in [0.4, 0.5) is 5.69 Å². The van der Waals surface area contributed by atoms with Crippen molar-refractivity contribution in [2.45, 2.75) is 51.8 Å². The molecule has 1 aliphatic heterocycles. The third-order valence-electron chi connectivity index (χ3n) is 6.02. The normalized spacial score (nSPS) is 19.9. The summed E-state index contributed by atoms with van der Waals surface area (Å²) in [6.45, 7) is 8.46. The molecule has 3 unspecified atom stereocenters. The number of halogens is 1. The number of aliphatic hydroxyl groups is 1. The van der Waals surface area contributed by atoms with Gasteiger partial charge in [-0.25, -0.2) is 0 Å². The van der Waals surface area contributed by atoms with E-state index in [2.05, 4.69) is 0 Å². The molecule has 1 aromatic carbocycles. The van der Waals surface area contributed by atoms with Gasteiger partial charge in [0.25, 0.3) is 0 Å². The minimum absolute atomic E-state index is 0.0765. The number of carboxylic acid groups (broad SMARTS) is 1. The molecule has 8 nitrogen and oxygen atoms in total. The average molecular weight is 456 g/mol. The third kappa shape index (κ3) is 6.10. The van der Waals surface area contributed by atoms with E-state index in [1.807, 2.05) is 32.6 Å². The van der Waals surface area contributed by atoms with Crippen molar-refractivity contribution < 1.29 is 24.5 Å². The summed E-state index contributed by atoms with van der Waals surface area (Å²) in [4.78, 5) is 28.0. The number of aliphatic hydroxyl groups excluding tert-OH is 1. The van der Waals surface area contributed by atoms with Crippen LogP contribution in [-0.2, 0) is 9.59 Å². The molecule has 1 fully saturated rings. The Labute approximate surface area is 188 Å². The standard InChI is InChI=1S/C22H34ClN3O5/c1-13(2)15(21(29)30)9-18(27)17(24)10-25-11-20(28)26(12-22(25,3)4)14-6-7-16(23)19(8-14)31-5/h6-8,13,15,17-18,27H,9-12,24H2,1-5H3,(H,29,30). The maximum atomic E-state index is 12.9. The highest BCUT2D eigenvalue weighted by atomic mass is 35.5. The average Bonchev–Trinajstić information content (AvgIpc) is 2.68. The summed E-state index contributed by atoms with van der Waals surface area (Å²) in [6, 6.07) is 4.54. The highest BCUT2D eigenvalue weighted by Gasteiger charge is 2.40. The van der Waals surface area contributed by atoms with Crippen LogP contribution in [0.1, 0.15) is 34.1 Å².